The maximum atomic E-state index is 6.24. The predicted molar refractivity (Wildman–Crippen MR) is 75.8 cm³/mol. The van der Waals surface area contributed by atoms with E-state index in [9.17, 15) is 0 Å². The van der Waals surface area contributed by atoms with Gasteiger partial charge in [0.2, 0.25) is 0 Å². The minimum absolute atomic E-state index is 0.0396. The summed E-state index contributed by atoms with van der Waals surface area (Å²) >= 11 is 3.61. The second kappa shape index (κ2) is 8.49. The van der Waals surface area contributed by atoms with Gasteiger partial charge in [0.15, 0.2) is 0 Å². The average molecular weight is 307 g/mol. The van der Waals surface area contributed by atoms with Gasteiger partial charge in [-0.05, 0) is 12.3 Å². The molecule has 0 aromatic heterocycles. The van der Waals surface area contributed by atoms with Crippen LogP contribution < -0.4 is 0 Å². The molecule has 1 saturated heterocycles. The largest absolute Gasteiger partial charge is 0.381 e. The molecule has 102 valence electrons. The molecule has 1 aliphatic heterocycles. The normalized spacial score (nSPS) is 21.4. The third-order valence-corrected chi connectivity index (χ3v) is 4.84. The van der Waals surface area contributed by atoms with Crippen LogP contribution in [0.2, 0.25) is 0 Å². The first kappa shape index (κ1) is 15.5. The van der Waals surface area contributed by atoms with E-state index in [0.29, 0.717) is 0 Å². The standard InChI is InChI=1S/C14H27BrO2/c1-3-5-6-13(4-2)11-17-14(12-15)7-9-16-10-8-14/h13H,3-12H2,1-2H3. The summed E-state index contributed by atoms with van der Waals surface area (Å²) in [5, 5.41) is 0.938. The van der Waals surface area contributed by atoms with Crippen LogP contribution in [0.1, 0.15) is 52.4 Å². The number of halogens is 1. The van der Waals surface area contributed by atoms with Crippen LogP contribution in [0.5, 0.6) is 0 Å². The lowest BCUT2D eigenvalue weighted by Gasteiger charge is -2.36. The monoisotopic (exact) mass is 306 g/mol. The number of ether oxygens (including phenoxy) is 2. The summed E-state index contributed by atoms with van der Waals surface area (Å²) < 4.78 is 11.7. The van der Waals surface area contributed by atoms with Crippen LogP contribution in [-0.4, -0.2) is 30.8 Å². The molecule has 0 aromatic rings. The zero-order chi connectivity index (χ0) is 12.6. The number of hydrogen-bond donors (Lipinski definition) is 0. The van der Waals surface area contributed by atoms with E-state index in [2.05, 4.69) is 29.8 Å². The van der Waals surface area contributed by atoms with Crippen LogP contribution in [0, 0.1) is 5.92 Å². The van der Waals surface area contributed by atoms with Crippen LogP contribution in [-0.2, 0) is 9.47 Å². The summed E-state index contributed by atoms with van der Waals surface area (Å²) in [6.45, 7) is 7.14. The second-order valence-electron chi connectivity index (χ2n) is 5.16. The fourth-order valence-electron chi connectivity index (χ4n) is 2.25. The van der Waals surface area contributed by atoms with Crippen molar-refractivity contribution in [2.24, 2.45) is 5.92 Å². The third-order valence-electron chi connectivity index (χ3n) is 3.82. The van der Waals surface area contributed by atoms with Crippen molar-refractivity contribution in [1.29, 1.82) is 0 Å². The van der Waals surface area contributed by atoms with Crippen LogP contribution >= 0.6 is 15.9 Å². The zero-order valence-electron chi connectivity index (χ0n) is 11.3. The molecule has 0 radical (unpaired) electrons. The summed E-state index contributed by atoms with van der Waals surface area (Å²) in [6, 6.07) is 0. The molecule has 2 nitrogen and oxygen atoms in total. The highest BCUT2D eigenvalue weighted by Crippen LogP contribution is 2.29. The molecule has 1 heterocycles. The van der Waals surface area contributed by atoms with Crippen molar-refractivity contribution >= 4 is 15.9 Å². The lowest BCUT2D eigenvalue weighted by molar-refractivity contribution is -0.106. The molecule has 0 N–H and O–H groups in total. The second-order valence-corrected chi connectivity index (χ2v) is 5.72. The Bertz CT molecular complexity index is 191. The van der Waals surface area contributed by atoms with E-state index in [1.54, 1.807) is 0 Å². The van der Waals surface area contributed by atoms with Gasteiger partial charge in [0, 0.05) is 31.4 Å². The first-order valence-electron chi connectivity index (χ1n) is 7.04. The number of alkyl halides is 1. The minimum Gasteiger partial charge on any atom is -0.381 e. The van der Waals surface area contributed by atoms with Crippen molar-refractivity contribution in [3.05, 3.63) is 0 Å². The lowest BCUT2D eigenvalue weighted by Crippen LogP contribution is -2.41. The van der Waals surface area contributed by atoms with Gasteiger partial charge in [0.25, 0.3) is 0 Å². The Morgan fingerprint density at radius 3 is 2.53 bits per heavy atom. The summed E-state index contributed by atoms with van der Waals surface area (Å²) in [4.78, 5) is 0. The van der Waals surface area contributed by atoms with Gasteiger partial charge >= 0.3 is 0 Å². The van der Waals surface area contributed by atoms with Gasteiger partial charge in [-0.25, -0.2) is 0 Å². The van der Waals surface area contributed by atoms with Gasteiger partial charge in [-0.15, -0.1) is 0 Å². The molecule has 0 aromatic carbocycles. The van der Waals surface area contributed by atoms with Gasteiger partial charge in [-0.3, -0.25) is 0 Å². The Morgan fingerprint density at radius 1 is 1.29 bits per heavy atom. The Kier molecular flexibility index (Phi) is 7.72. The highest BCUT2D eigenvalue weighted by Gasteiger charge is 2.32. The smallest absolute Gasteiger partial charge is 0.0822 e. The van der Waals surface area contributed by atoms with Crippen molar-refractivity contribution in [2.45, 2.75) is 58.0 Å². The summed E-state index contributed by atoms with van der Waals surface area (Å²) in [5.41, 5.74) is 0.0396. The Hall–Kier alpha value is 0.400. The Morgan fingerprint density at radius 2 is 2.00 bits per heavy atom. The molecule has 1 aliphatic rings. The van der Waals surface area contributed by atoms with E-state index in [-0.39, 0.29) is 5.60 Å². The Balaban J connectivity index is 2.34. The van der Waals surface area contributed by atoms with Crippen LogP contribution in [0.15, 0.2) is 0 Å². The topological polar surface area (TPSA) is 18.5 Å². The molecule has 0 aliphatic carbocycles. The molecule has 1 fully saturated rings. The highest BCUT2D eigenvalue weighted by atomic mass is 79.9. The molecule has 0 bridgehead atoms. The third kappa shape index (κ3) is 5.27. The quantitative estimate of drug-likeness (QED) is 0.627. The fourth-order valence-corrected chi connectivity index (χ4v) is 2.98. The summed E-state index contributed by atoms with van der Waals surface area (Å²) in [7, 11) is 0. The highest BCUT2D eigenvalue weighted by molar-refractivity contribution is 9.09. The average Bonchev–Trinajstić information content (AvgIpc) is 2.40. The maximum Gasteiger partial charge on any atom is 0.0822 e. The molecular weight excluding hydrogens is 280 g/mol. The molecule has 3 heteroatoms. The number of rotatable bonds is 8. The molecule has 0 amide bonds. The van der Waals surface area contributed by atoms with E-state index in [1.807, 2.05) is 0 Å². The van der Waals surface area contributed by atoms with Crippen molar-refractivity contribution in [1.82, 2.24) is 0 Å². The van der Waals surface area contributed by atoms with Crippen LogP contribution in [0.25, 0.3) is 0 Å². The fraction of sp³-hybridized carbons (Fsp3) is 1.00. The molecule has 1 atom stereocenters. The van der Waals surface area contributed by atoms with E-state index >= 15 is 0 Å². The first-order chi connectivity index (χ1) is 8.26. The molecule has 1 rings (SSSR count). The first-order valence-corrected chi connectivity index (χ1v) is 8.16. The van der Waals surface area contributed by atoms with Crippen LogP contribution in [0.4, 0.5) is 0 Å². The summed E-state index contributed by atoms with van der Waals surface area (Å²) in [6.07, 6.45) is 7.21. The van der Waals surface area contributed by atoms with Gasteiger partial charge < -0.3 is 9.47 Å². The number of hydrogen-bond acceptors (Lipinski definition) is 2. The van der Waals surface area contributed by atoms with Crippen molar-refractivity contribution in [3.8, 4) is 0 Å². The van der Waals surface area contributed by atoms with E-state index in [1.165, 1.54) is 25.7 Å². The minimum atomic E-state index is 0.0396. The van der Waals surface area contributed by atoms with E-state index in [0.717, 1.165) is 43.9 Å². The van der Waals surface area contributed by atoms with E-state index < -0.39 is 0 Å². The van der Waals surface area contributed by atoms with Gasteiger partial charge in [-0.1, -0.05) is 49.0 Å². The molecule has 1 unspecified atom stereocenters. The lowest BCUT2D eigenvalue weighted by atomic mass is 9.95. The molecular formula is C14H27BrO2. The van der Waals surface area contributed by atoms with Gasteiger partial charge in [0.1, 0.15) is 0 Å². The predicted octanol–water partition coefficient (Wildman–Crippen LogP) is 4.16. The van der Waals surface area contributed by atoms with Gasteiger partial charge in [-0.2, -0.15) is 0 Å². The Labute approximate surface area is 115 Å². The molecule has 0 saturated carbocycles. The van der Waals surface area contributed by atoms with E-state index in [4.69, 9.17) is 9.47 Å². The van der Waals surface area contributed by atoms with Gasteiger partial charge in [0.05, 0.1) is 12.2 Å². The SMILES string of the molecule is CCCCC(CC)COC1(CBr)CCOCC1. The maximum absolute atomic E-state index is 6.24. The van der Waals surface area contributed by atoms with Crippen molar-refractivity contribution in [2.75, 3.05) is 25.2 Å². The van der Waals surface area contributed by atoms with Crippen LogP contribution in [0.3, 0.4) is 0 Å². The summed E-state index contributed by atoms with van der Waals surface area (Å²) in [5.74, 6) is 0.730. The molecule has 17 heavy (non-hydrogen) atoms. The van der Waals surface area contributed by atoms with Crippen molar-refractivity contribution in [3.63, 3.8) is 0 Å². The molecule has 0 spiro atoms. The van der Waals surface area contributed by atoms with Crippen molar-refractivity contribution < 1.29 is 9.47 Å². The zero-order valence-corrected chi connectivity index (χ0v) is 12.9. The number of unbranched alkanes of at least 4 members (excludes halogenated alkanes) is 1.